The Bertz CT molecular complexity index is 1060. The molecule has 0 saturated carbocycles. The van der Waals surface area contributed by atoms with Gasteiger partial charge < -0.3 is 0 Å². The number of hydrogen-bond acceptors (Lipinski definition) is 6. The van der Waals surface area contributed by atoms with Gasteiger partial charge in [-0.1, -0.05) is 12.1 Å². The average molecular weight is 411 g/mol. The van der Waals surface area contributed by atoms with Gasteiger partial charge in [0.25, 0.3) is 15.7 Å². The van der Waals surface area contributed by atoms with E-state index >= 15 is 0 Å². The molecule has 0 bridgehead atoms. The van der Waals surface area contributed by atoms with E-state index in [-0.39, 0.29) is 10.6 Å². The third-order valence-corrected chi connectivity index (χ3v) is 7.50. The fourth-order valence-corrected chi connectivity index (χ4v) is 5.57. The van der Waals surface area contributed by atoms with Crippen molar-refractivity contribution in [2.24, 2.45) is 0 Å². The third-order valence-electron chi connectivity index (χ3n) is 4.16. The number of nitro groups is 1. The van der Waals surface area contributed by atoms with Crippen molar-refractivity contribution < 1.29 is 21.8 Å². The predicted octanol–water partition coefficient (Wildman–Crippen LogP) is 2.18. The van der Waals surface area contributed by atoms with Gasteiger partial charge in [-0.3, -0.25) is 14.8 Å². The fraction of sp³-hybridized carbons (Fsp3) is 0.250. The summed E-state index contributed by atoms with van der Waals surface area (Å²) in [6, 6.07) is 10.2. The summed E-state index contributed by atoms with van der Waals surface area (Å²) in [4.78, 5) is 9.87. The summed E-state index contributed by atoms with van der Waals surface area (Å²) in [7, 11) is -7.81. The Morgan fingerprint density at radius 2 is 1.52 bits per heavy atom. The monoisotopic (exact) mass is 411 g/mol. The lowest BCUT2D eigenvalue weighted by Crippen LogP contribution is -2.27. The Labute approximate surface area is 156 Å². The Kier molecular flexibility index (Phi) is 5.18. The first kappa shape index (κ1) is 19.3. The van der Waals surface area contributed by atoms with Crippen molar-refractivity contribution in [3.05, 3.63) is 58.6 Å². The molecule has 1 N–H and O–H groups in total. The molecule has 0 aliphatic carbocycles. The number of benzene rings is 2. The minimum absolute atomic E-state index is 0.0676. The van der Waals surface area contributed by atoms with Gasteiger partial charge in [0.05, 0.1) is 9.82 Å². The Hall–Kier alpha value is -2.50. The van der Waals surface area contributed by atoms with Crippen LogP contribution in [0.25, 0.3) is 0 Å². The second-order valence-corrected chi connectivity index (χ2v) is 9.55. The number of rotatable bonds is 6. The molecule has 27 heavy (non-hydrogen) atoms. The molecule has 0 atom stereocenters. The maximum atomic E-state index is 12.5. The first-order valence-electron chi connectivity index (χ1n) is 8.08. The van der Waals surface area contributed by atoms with Crippen LogP contribution >= 0.6 is 0 Å². The summed E-state index contributed by atoms with van der Waals surface area (Å²) in [5.74, 6) is 0. The van der Waals surface area contributed by atoms with E-state index in [9.17, 15) is 26.9 Å². The van der Waals surface area contributed by atoms with E-state index < -0.39 is 35.6 Å². The number of hydrogen-bond donors (Lipinski definition) is 1. The molecule has 0 amide bonds. The van der Waals surface area contributed by atoms with Gasteiger partial charge in [0, 0.05) is 24.8 Å². The van der Waals surface area contributed by atoms with Crippen LogP contribution in [0.15, 0.2) is 58.3 Å². The molecule has 0 aromatic heterocycles. The lowest BCUT2D eigenvalue weighted by Gasteiger charge is -2.16. The molecule has 0 unspecified atom stereocenters. The van der Waals surface area contributed by atoms with Crippen LogP contribution in [0.2, 0.25) is 0 Å². The second kappa shape index (κ2) is 7.25. The molecule has 0 spiro atoms. The number of nitro benzene ring substituents is 1. The molecular formula is C16H17N3O6S2. The molecule has 1 heterocycles. The molecule has 144 valence electrons. The van der Waals surface area contributed by atoms with Gasteiger partial charge in [0.15, 0.2) is 4.90 Å². The van der Waals surface area contributed by atoms with E-state index in [1.165, 1.54) is 40.7 Å². The van der Waals surface area contributed by atoms with Gasteiger partial charge in [-0.25, -0.2) is 16.8 Å². The lowest BCUT2D eigenvalue weighted by atomic mass is 10.3. The number of anilines is 1. The Balaban J connectivity index is 1.85. The van der Waals surface area contributed by atoms with Crippen LogP contribution in [0.3, 0.4) is 0 Å². The van der Waals surface area contributed by atoms with E-state index in [1.54, 1.807) is 0 Å². The SMILES string of the molecule is O=[N+]([O-])c1ccccc1S(=O)(=O)Nc1ccc(S(=O)(=O)N2CCCC2)cc1. The summed E-state index contributed by atoms with van der Waals surface area (Å²) >= 11 is 0. The molecule has 9 nitrogen and oxygen atoms in total. The van der Waals surface area contributed by atoms with E-state index in [2.05, 4.69) is 4.72 Å². The van der Waals surface area contributed by atoms with E-state index in [0.717, 1.165) is 25.0 Å². The highest BCUT2D eigenvalue weighted by molar-refractivity contribution is 7.93. The van der Waals surface area contributed by atoms with Gasteiger partial charge in [-0.2, -0.15) is 4.31 Å². The van der Waals surface area contributed by atoms with Crippen molar-refractivity contribution in [1.29, 1.82) is 0 Å². The molecular weight excluding hydrogens is 394 g/mol. The quantitative estimate of drug-likeness (QED) is 0.573. The maximum Gasteiger partial charge on any atom is 0.289 e. The van der Waals surface area contributed by atoms with Crippen molar-refractivity contribution in [2.75, 3.05) is 17.8 Å². The number of nitrogens with one attached hydrogen (secondary N) is 1. The van der Waals surface area contributed by atoms with Crippen molar-refractivity contribution in [1.82, 2.24) is 4.31 Å². The molecule has 3 rings (SSSR count). The molecule has 0 radical (unpaired) electrons. The molecule has 1 fully saturated rings. The van der Waals surface area contributed by atoms with Crippen molar-refractivity contribution >= 4 is 31.4 Å². The highest BCUT2D eigenvalue weighted by Crippen LogP contribution is 2.26. The Morgan fingerprint density at radius 1 is 0.926 bits per heavy atom. The van der Waals surface area contributed by atoms with Gasteiger partial charge in [-0.15, -0.1) is 0 Å². The molecule has 1 saturated heterocycles. The number of para-hydroxylation sites is 1. The molecule has 1 aliphatic heterocycles. The smallest absolute Gasteiger partial charge is 0.279 e. The minimum atomic E-state index is -4.20. The van der Waals surface area contributed by atoms with Gasteiger partial charge in [0.2, 0.25) is 10.0 Å². The number of nitrogens with zero attached hydrogens (tertiary/aromatic N) is 2. The normalized spacial score (nSPS) is 15.6. The zero-order valence-corrected chi connectivity index (χ0v) is 15.7. The van der Waals surface area contributed by atoms with E-state index in [1.807, 2.05) is 0 Å². The first-order valence-corrected chi connectivity index (χ1v) is 11.0. The lowest BCUT2D eigenvalue weighted by molar-refractivity contribution is -0.387. The fourth-order valence-electron chi connectivity index (χ4n) is 2.82. The van der Waals surface area contributed by atoms with Gasteiger partial charge in [-0.05, 0) is 43.2 Å². The second-order valence-electron chi connectivity index (χ2n) is 5.97. The maximum absolute atomic E-state index is 12.5. The molecule has 11 heteroatoms. The standard InChI is InChI=1S/C16H17N3O6S2/c20-19(21)15-5-1-2-6-16(15)26(22,23)17-13-7-9-14(10-8-13)27(24,25)18-11-3-4-12-18/h1-2,5-10,17H,3-4,11-12H2. The van der Waals surface area contributed by atoms with Crippen LogP contribution in [-0.4, -0.2) is 39.2 Å². The zero-order valence-electron chi connectivity index (χ0n) is 14.1. The predicted molar refractivity (Wildman–Crippen MR) is 98.3 cm³/mol. The zero-order chi connectivity index (χ0) is 19.7. The van der Waals surface area contributed by atoms with Crippen LogP contribution in [0.4, 0.5) is 11.4 Å². The summed E-state index contributed by atoms with van der Waals surface area (Å²) in [5, 5.41) is 11.0. The highest BCUT2D eigenvalue weighted by Gasteiger charge is 2.28. The minimum Gasteiger partial charge on any atom is -0.279 e. The highest BCUT2D eigenvalue weighted by atomic mass is 32.2. The van der Waals surface area contributed by atoms with Crippen LogP contribution in [0, 0.1) is 10.1 Å². The number of sulfonamides is 2. The topological polar surface area (TPSA) is 127 Å². The van der Waals surface area contributed by atoms with Crippen LogP contribution in [-0.2, 0) is 20.0 Å². The van der Waals surface area contributed by atoms with Crippen LogP contribution in [0.1, 0.15) is 12.8 Å². The van der Waals surface area contributed by atoms with Gasteiger partial charge in [0.1, 0.15) is 0 Å². The van der Waals surface area contributed by atoms with Crippen LogP contribution < -0.4 is 4.72 Å². The van der Waals surface area contributed by atoms with Crippen molar-refractivity contribution in [2.45, 2.75) is 22.6 Å². The van der Waals surface area contributed by atoms with Crippen molar-refractivity contribution in [3.8, 4) is 0 Å². The van der Waals surface area contributed by atoms with Crippen molar-refractivity contribution in [3.63, 3.8) is 0 Å². The molecule has 2 aromatic carbocycles. The third kappa shape index (κ3) is 3.94. The Morgan fingerprint density at radius 3 is 2.11 bits per heavy atom. The first-order chi connectivity index (χ1) is 12.7. The average Bonchev–Trinajstić information content (AvgIpc) is 3.17. The van der Waals surface area contributed by atoms with E-state index in [4.69, 9.17) is 0 Å². The van der Waals surface area contributed by atoms with Crippen LogP contribution in [0.5, 0.6) is 0 Å². The summed E-state index contributed by atoms with van der Waals surface area (Å²) in [5.41, 5.74) is -0.438. The summed E-state index contributed by atoms with van der Waals surface area (Å²) in [6.45, 7) is 0.933. The summed E-state index contributed by atoms with van der Waals surface area (Å²) in [6.07, 6.45) is 1.62. The summed E-state index contributed by atoms with van der Waals surface area (Å²) < 4.78 is 53.5. The largest absolute Gasteiger partial charge is 0.289 e. The molecule has 2 aromatic rings. The van der Waals surface area contributed by atoms with Gasteiger partial charge >= 0.3 is 0 Å². The molecule has 1 aliphatic rings. The van der Waals surface area contributed by atoms with E-state index in [0.29, 0.717) is 13.1 Å².